The van der Waals surface area contributed by atoms with Gasteiger partial charge in [0.2, 0.25) is 5.91 Å². The Morgan fingerprint density at radius 1 is 1.13 bits per heavy atom. The number of nitrogens with two attached hydrogens (primary N) is 1. The minimum atomic E-state index is -0.568. The number of likely N-dealkylation sites (tertiary alicyclic amines) is 2. The van der Waals surface area contributed by atoms with Crippen molar-refractivity contribution in [3.05, 3.63) is 29.8 Å². The summed E-state index contributed by atoms with van der Waals surface area (Å²) in [4.78, 5) is 41.4. The fourth-order valence-corrected chi connectivity index (χ4v) is 4.46. The van der Waals surface area contributed by atoms with Crippen LogP contribution in [0.1, 0.15) is 37.3 Å². The minimum absolute atomic E-state index is 0.126. The van der Waals surface area contributed by atoms with Crippen molar-refractivity contribution < 1.29 is 19.3 Å². The molecule has 30 heavy (non-hydrogen) atoms. The molecule has 3 amide bonds. The molecule has 164 valence electrons. The second-order valence-corrected chi connectivity index (χ2v) is 8.58. The fourth-order valence-electron chi connectivity index (χ4n) is 4.46. The molecule has 2 saturated heterocycles. The summed E-state index contributed by atoms with van der Waals surface area (Å²) in [5, 5.41) is 2.87. The van der Waals surface area contributed by atoms with Gasteiger partial charge in [0, 0.05) is 57.2 Å². The first-order valence-electron chi connectivity index (χ1n) is 10.8. The summed E-state index contributed by atoms with van der Waals surface area (Å²) in [6.45, 7) is 3.37. The zero-order valence-electron chi connectivity index (χ0n) is 18.0. The first-order valence-corrected chi connectivity index (χ1v) is 10.8. The maximum Gasteiger partial charge on any atom is 0.311 e. The van der Waals surface area contributed by atoms with Gasteiger partial charge in [-0.05, 0) is 25.0 Å². The van der Waals surface area contributed by atoms with Crippen LogP contribution in [-0.2, 0) is 14.4 Å². The average Bonchev–Trinajstić information content (AvgIpc) is 3.28. The number of hydrogen-bond acceptors (Lipinski definition) is 4. The number of rotatable bonds is 6. The molecule has 1 aromatic rings. The molecule has 8 heteroatoms. The lowest BCUT2D eigenvalue weighted by molar-refractivity contribution is -0.918. The Morgan fingerprint density at radius 2 is 1.73 bits per heavy atom. The highest BCUT2D eigenvalue weighted by atomic mass is 16.2. The summed E-state index contributed by atoms with van der Waals surface area (Å²) in [5.74, 6) is -1.62. The molecular formula is C22H34N5O3+. The number of piperidine rings is 1. The number of amides is 3. The van der Waals surface area contributed by atoms with E-state index < -0.39 is 11.8 Å². The summed E-state index contributed by atoms with van der Waals surface area (Å²) in [5.41, 5.74) is 7.65. The fraction of sp³-hybridized carbons (Fsp3) is 0.591. The predicted molar refractivity (Wildman–Crippen MR) is 115 cm³/mol. The number of nitrogens with one attached hydrogen (secondary N) is 2. The Kier molecular flexibility index (Phi) is 7.31. The van der Waals surface area contributed by atoms with Crippen molar-refractivity contribution in [1.82, 2.24) is 10.2 Å². The van der Waals surface area contributed by atoms with Gasteiger partial charge >= 0.3 is 11.8 Å². The Labute approximate surface area is 178 Å². The van der Waals surface area contributed by atoms with E-state index >= 15 is 0 Å². The standard InChI is InChI=1S/C22H33N5O3/c1-25(2)18-7-5-16(6-8-18)19(26-11-3-4-12-26)15-24-21(29)22(30)27-13-9-17(10-14-27)20(23)28/h5-8,17,19H,3-4,9-15H2,1-2H3,(H2,23,28)(H,24,29)/p+1/t19-/m1/s1. The SMILES string of the molecule is CN(C)c1ccc([C@@H](CNC(=O)C(=O)N2CCC(C(N)=O)CC2)[NH+]2CCCC2)cc1. The van der Waals surface area contributed by atoms with Gasteiger partial charge in [-0.2, -0.15) is 0 Å². The van der Waals surface area contributed by atoms with Gasteiger partial charge in [0.1, 0.15) is 6.04 Å². The molecule has 2 aliphatic heterocycles. The van der Waals surface area contributed by atoms with Crippen molar-refractivity contribution >= 4 is 23.4 Å². The molecule has 2 heterocycles. The van der Waals surface area contributed by atoms with Crippen molar-refractivity contribution in [3.63, 3.8) is 0 Å². The van der Waals surface area contributed by atoms with Gasteiger partial charge in [0.25, 0.3) is 0 Å². The monoisotopic (exact) mass is 416 g/mol. The third kappa shape index (κ3) is 5.30. The largest absolute Gasteiger partial charge is 0.378 e. The van der Waals surface area contributed by atoms with Gasteiger partial charge in [0.15, 0.2) is 0 Å². The van der Waals surface area contributed by atoms with Gasteiger partial charge in [-0.15, -0.1) is 0 Å². The van der Waals surface area contributed by atoms with Crippen LogP contribution in [0.3, 0.4) is 0 Å². The lowest BCUT2D eigenvalue weighted by Gasteiger charge is -2.30. The highest BCUT2D eigenvalue weighted by Gasteiger charge is 2.31. The summed E-state index contributed by atoms with van der Waals surface area (Å²) in [6.07, 6.45) is 3.41. The molecule has 4 N–H and O–H groups in total. The van der Waals surface area contributed by atoms with Crippen molar-refractivity contribution in [3.8, 4) is 0 Å². The van der Waals surface area contributed by atoms with Crippen molar-refractivity contribution in [1.29, 1.82) is 0 Å². The molecule has 0 bridgehead atoms. The molecule has 0 aromatic heterocycles. The highest BCUT2D eigenvalue weighted by molar-refractivity contribution is 6.35. The van der Waals surface area contributed by atoms with E-state index in [1.54, 1.807) is 0 Å². The molecule has 1 atom stereocenters. The van der Waals surface area contributed by atoms with Gasteiger partial charge in [-0.3, -0.25) is 14.4 Å². The first kappa shape index (κ1) is 22.1. The van der Waals surface area contributed by atoms with Crippen molar-refractivity contribution in [2.24, 2.45) is 11.7 Å². The molecule has 8 nitrogen and oxygen atoms in total. The normalized spacial score (nSPS) is 18.8. The summed E-state index contributed by atoms with van der Waals surface area (Å²) >= 11 is 0. The summed E-state index contributed by atoms with van der Waals surface area (Å²) in [7, 11) is 4.02. The molecule has 0 spiro atoms. The Hall–Kier alpha value is -2.61. The van der Waals surface area contributed by atoms with E-state index in [2.05, 4.69) is 34.5 Å². The van der Waals surface area contributed by atoms with Gasteiger partial charge in [-0.25, -0.2) is 0 Å². The molecule has 0 unspecified atom stereocenters. The van der Waals surface area contributed by atoms with E-state index in [0.29, 0.717) is 32.5 Å². The van der Waals surface area contributed by atoms with Crippen LogP contribution in [0.25, 0.3) is 0 Å². The van der Waals surface area contributed by atoms with Crippen LogP contribution in [0.2, 0.25) is 0 Å². The van der Waals surface area contributed by atoms with E-state index in [4.69, 9.17) is 5.73 Å². The molecular weight excluding hydrogens is 382 g/mol. The number of hydrogen-bond donors (Lipinski definition) is 3. The van der Waals surface area contributed by atoms with Crippen LogP contribution < -0.4 is 20.9 Å². The first-order chi connectivity index (χ1) is 14.4. The quantitative estimate of drug-likeness (QED) is 0.535. The molecule has 0 saturated carbocycles. The number of carbonyl (C=O) groups is 3. The average molecular weight is 417 g/mol. The van der Waals surface area contributed by atoms with Gasteiger partial charge in [-0.1, -0.05) is 12.1 Å². The molecule has 2 fully saturated rings. The Morgan fingerprint density at radius 3 is 2.27 bits per heavy atom. The topological polar surface area (TPSA) is 100 Å². The van der Waals surface area contributed by atoms with Crippen molar-refractivity contribution in [2.75, 3.05) is 51.7 Å². The van der Waals surface area contributed by atoms with Crippen LogP contribution in [0.4, 0.5) is 5.69 Å². The number of primary amides is 1. The summed E-state index contributed by atoms with van der Waals surface area (Å²) in [6, 6.07) is 8.55. The summed E-state index contributed by atoms with van der Waals surface area (Å²) < 4.78 is 0. The Balaban J connectivity index is 1.60. The van der Waals surface area contributed by atoms with E-state index in [-0.39, 0.29) is 17.9 Å². The number of carbonyl (C=O) groups excluding carboxylic acids is 3. The van der Waals surface area contributed by atoms with Crippen LogP contribution in [0.5, 0.6) is 0 Å². The smallest absolute Gasteiger partial charge is 0.311 e. The number of benzene rings is 1. The predicted octanol–water partition coefficient (Wildman–Crippen LogP) is -0.687. The van der Waals surface area contributed by atoms with Crippen LogP contribution >= 0.6 is 0 Å². The number of quaternary nitrogens is 1. The number of nitrogens with zero attached hydrogens (tertiary/aromatic N) is 2. The highest BCUT2D eigenvalue weighted by Crippen LogP contribution is 2.18. The van der Waals surface area contributed by atoms with E-state index in [9.17, 15) is 14.4 Å². The second kappa shape index (κ2) is 9.93. The van der Waals surface area contributed by atoms with Gasteiger partial charge in [0.05, 0.1) is 19.6 Å². The van der Waals surface area contributed by atoms with Crippen LogP contribution in [0.15, 0.2) is 24.3 Å². The van der Waals surface area contributed by atoms with E-state index in [0.717, 1.165) is 18.8 Å². The maximum atomic E-state index is 12.5. The van der Waals surface area contributed by atoms with E-state index in [1.165, 1.54) is 28.2 Å². The lowest BCUT2D eigenvalue weighted by Crippen LogP contribution is -3.11. The third-order valence-corrected chi connectivity index (χ3v) is 6.40. The zero-order chi connectivity index (χ0) is 21.7. The molecule has 3 rings (SSSR count). The van der Waals surface area contributed by atoms with Gasteiger partial charge < -0.3 is 25.8 Å². The molecule has 0 aliphatic carbocycles. The van der Waals surface area contributed by atoms with E-state index in [1.807, 2.05) is 14.1 Å². The Bertz CT molecular complexity index is 751. The zero-order valence-corrected chi connectivity index (χ0v) is 18.0. The van der Waals surface area contributed by atoms with Crippen LogP contribution in [-0.4, -0.2) is 69.4 Å². The minimum Gasteiger partial charge on any atom is -0.378 e. The third-order valence-electron chi connectivity index (χ3n) is 6.40. The molecule has 0 radical (unpaired) electrons. The maximum absolute atomic E-state index is 12.5. The number of anilines is 1. The molecule has 2 aliphatic rings. The molecule has 1 aromatic carbocycles. The van der Waals surface area contributed by atoms with Crippen LogP contribution in [0, 0.1) is 5.92 Å². The van der Waals surface area contributed by atoms with Crippen molar-refractivity contribution in [2.45, 2.75) is 31.7 Å². The lowest BCUT2D eigenvalue weighted by atomic mass is 9.96. The second-order valence-electron chi connectivity index (χ2n) is 8.58.